The van der Waals surface area contributed by atoms with Crippen LogP contribution < -0.4 is 15.6 Å². The lowest BCUT2D eigenvalue weighted by molar-refractivity contribution is 0.419. The van der Waals surface area contributed by atoms with Crippen LogP contribution in [0.4, 0.5) is 0 Å². The molecule has 0 aliphatic carbocycles. The summed E-state index contributed by atoms with van der Waals surface area (Å²) in [5.74, 6) is 0.705. The van der Waals surface area contributed by atoms with E-state index in [1.54, 1.807) is 19.2 Å². The van der Waals surface area contributed by atoms with Gasteiger partial charge in [0.2, 0.25) is 0 Å². The van der Waals surface area contributed by atoms with Gasteiger partial charge in [-0.05, 0) is 38.2 Å². The van der Waals surface area contributed by atoms with Crippen LogP contribution in [-0.4, -0.2) is 25.7 Å². The van der Waals surface area contributed by atoms with E-state index in [0.717, 1.165) is 17.5 Å². The molecule has 0 fully saturated rings. The maximum atomic E-state index is 11.9. The number of H-pyrrole nitrogens is 1. The van der Waals surface area contributed by atoms with E-state index < -0.39 is 0 Å². The SMILES string of the molecule is CNCCc1cc2c(OC)ccc(Cl)c2[nH]c1=O. The Bertz CT molecular complexity index is 622. The van der Waals surface area contributed by atoms with Crippen LogP contribution in [0.5, 0.6) is 5.75 Å². The molecule has 0 spiro atoms. The number of benzene rings is 1. The van der Waals surface area contributed by atoms with Crippen molar-refractivity contribution in [1.29, 1.82) is 0 Å². The molecule has 2 N–H and O–H groups in total. The second-order valence-corrected chi connectivity index (χ2v) is 4.42. The fourth-order valence-electron chi connectivity index (χ4n) is 1.90. The third kappa shape index (κ3) is 2.35. The highest BCUT2D eigenvalue weighted by atomic mass is 35.5. The van der Waals surface area contributed by atoms with Gasteiger partial charge in [0.15, 0.2) is 0 Å². The fraction of sp³-hybridized carbons (Fsp3) is 0.308. The van der Waals surface area contributed by atoms with E-state index in [-0.39, 0.29) is 5.56 Å². The Kier molecular flexibility index (Phi) is 3.89. The van der Waals surface area contributed by atoms with Crippen molar-refractivity contribution in [1.82, 2.24) is 10.3 Å². The van der Waals surface area contributed by atoms with Crippen molar-refractivity contribution in [3.05, 3.63) is 39.1 Å². The number of ether oxygens (including phenoxy) is 1. The van der Waals surface area contributed by atoms with Crippen LogP contribution in [0.3, 0.4) is 0 Å². The molecule has 0 aliphatic rings. The van der Waals surface area contributed by atoms with Crippen LogP contribution in [0.25, 0.3) is 10.9 Å². The second-order valence-electron chi connectivity index (χ2n) is 4.02. The highest BCUT2D eigenvalue weighted by molar-refractivity contribution is 6.35. The van der Waals surface area contributed by atoms with Crippen molar-refractivity contribution in [2.75, 3.05) is 20.7 Å². The number of likely N-dealkylation sites (N-methyl/N-ethyl adjacent to an activating group) is 1. The minimum atomic E-state index is -0.104. The fourth-order valence-corrected chi connectivity index (χ4v) is 2.11. The van der Waals surface area contributed by atoms with Crippen molar-refractivity contribution in [3.8, 4) is 5.75 Å². The van der Waals surface area contributed by atoms with E-state index in [1.807, 2.05) is 13.1 Å². The molecule has 1 aromatic heterocycles. The van der Waals surface area contributed by atoms with Crippen molar-refractivity contribution in [2.24, 2.45) is 0 Å². The zero-order valence-electron chi connectivity index (χ0n) is 10.3. The lowest BCUT2D eigenvalue weighted by atomic mass is 10.1. The average Bonchev–Trinajstić information content (AvgIpc) is 2.38. The smallest absolute Gasteiger partial charge is 0.251 e. The largest absolute Gasteiger partial charge is 0.496 e. The van der Waals surface area contributed by atoms with Crippen LogP contribution in [0.1, 0.15) is 5.56 Å². The maximum absolute atomic E-state index is 11.9. The molecule has 1 heterocycles. The minimum Gasteiger partial charge on any atom is -0.496 e. The van der Waals surface area contributed by atoms with Crippen LogP contribution in [-0.2, 0) is 6.42 Å². The summed E-state index contributed by atoms with van der Waals surface area (Å²) in [5, 5.41) is 4.37. The first-order valence-electron chi connectivity index (χ1n) is 5.70. The predicted octanol–water partition coefficient (Wildman–Crippen LogP) is 1.95. The summed E-state index contributed by atoms with van der Waals surface area (Å²) < 4.78 is 5.29. The zero-order chi connectivity index (χ0) is 13.1. The van der Waals surface area contributed by atoms with Crippen LogP contribution in [0.2, 0.25) is 5.02 Å². The Hall–Kier alpha value is -1.52. The second kappa shape index (κ2) is 5.42. The number of hydrogen-bond acceptors (Lipinski definition) is 3. The summed E-state index contributed by atoms with van der Waals surface area (Å²) in [6, 6.07) is 5.35. The van der Waals surface area contributed by atoms with Gasteiger partial charge in [-0.2, -0.15) is 0 Å². The quantitative estimate of drug-likeness (QED) is 0.889. The van der Waals surface area contributed by atoms with Gasteiger partial charge in [0.25, 0.3) is 5.56 Å². The Morgan fingerprint density at radius 3 is 2.89 bits per heavy atom. The normalized spacial score (nSPS) is 10.8. The highest BCUT2D eigenvalue weighted by Gasteiger charge is 2.09. The molecule has 2 aromatic rings. The molecule has 18 heavy (non-hydrogen) atoms. The molecule has 0 unspecified atom stereocenters. The average molecular weight is 267 g/mol. The molecule has 0 atom stereocenters. The summed E-state index contributed by atoms with van der Waals surface area (Å²) in [6.07, 6.45) is 0.664. The number of rotatable bonds is 4. The Labute approximate surface area is 110 Å². The lowest BCUT2D eigenvalue weighted by Crippen LogP contribution is -2.18. The summed E-state index contributed by atoms with van der Waals surface area (Å²) in [4.78, 5) is 14.7. The zero-order valence-corrected chi connectivity index (χ0v) is 11.1. The van der Waals surface area contributed by atoms with Gasteiger partial charge in [-0.3, -0.25) is 4.79 Å². The van der Waals surface area contributed by atoms with E-state index in [4.69, 9.17) is 16.3 Å². The van der Waals surface area contributed by atoms with Gasteiger partial charge in [-0.15, -0.1) is 0 Å². The molecule has 0 aliphatic heterocycles. The number of halogens is 1. The van der Waals surface area contributed by atoms with Gasteiger partial charge in [-0.25, -0.2) is 0 Å². The summed E-state index contributed by atoms with van der Waals surface area (Å²) in [5.41, 5.74) is 1.24. The molecule has 2 rings (SSSR count). The summed E-state index contributed by atoms with van der Waals surface area (Å²) in [7, 11) is 3.45. The molecule has 96 valence electrons. The van der Waals surface area contributed by atoms with Gasteiger partial charge in [0.1, 0.15) is 5.75 Å². The third-order valence-electron chi connectivity index (χ3n) is 2.87. The molecular formula is C13H15ClN2O2. The van der Waals surface area contributed by atoms with Crippen LogP contribution in [0.15, 0.2) is 23.0 Å². The number of methoxy groups -OCH3 is 1. The summed E-state index contributed by atoms with van der Waals surface area (Å²) in [6.45, 7) is 0.747. The van der Waals surface area contributed by atoms with Crippen molar-refractivity contribution >= 4 is 22.5 Å². The van der Waals surface area contributed by atoms with Gasteiger partial charge < -0.3 is 15.0 Å². The topological polar surface area (TPSA) is 54.1 Å². The van der Waals surface area contributed by atoms with Crippen LogP contribution in [0, 0.1) is 0 Å². The van der Waals surface area contributed by atoms with Gasteiger partial charge in [-0.1, -0.05) is 11.6 Å². The van der Waals surface area contributed by atoms with Crippen LogP contribution >= 0.6 is 11.6 Å². The van der Waals surface area contributed by atoms with E-state index in [2.05, 4.69) is 10.3 Å². The molecule has 1 aromatic carbocycles. The molecule has 0 amide bonds. The monoisotopic (exact) mass is 266 g/mol. The number of hydrogen-bond donors (Lipinski definition) is 2. The van der Waals surface area contributed by atoms with E-state index in [0.29, 0.717) is 22.7 Å². The van der Waals surface area contributed by atoms with Crippen molar-refractivity contribution < 1.29 is 4.74 Å². The molecule has 5 heteroatoms. The first kappa shape index (κ1) is 12.9. The first-order chi connectivity index (χ1) is 8.67. The molecule has 0 saturated carbocycles. The van der Waals surface area contributed by atoms with Gasteiger partial charge in [0.05, 0.1) is 17.6 Å². The minimum absolute atomic E-state index is 0.104. The maximum Gasteiger partial charge on any atom is 0.251 e. The molecular weight excluding hydrogens is 252 g/mol. The Morgan fingerprint density at radius 2 is 2.22 bits per heavy atom. The standard InChI is InChI=1S/C13H15ClN2O2/c1-15-6-5-8-7-9-11(18-2)4-3-10(14)12(9)16-13(8)17/h3-4,7,15H,5-6H2,1-2H3,(H,16,17). The van der Waals surface area contributed by atoms with E-state index in [1.165, 1.54) is 0 Å². The third-order valence-corrected chi connectivity index (χ3v) is 3.18. The van der Waals surface area contributed by atoms with Gasteiger partial charge in [0, 0.05) is 10.9 Å². The summed E-state index contributed by atoms with van der Waals surface area (Å²) >= 11 is 6.08. The lowest BCUT2D eigenvalue weighted by Gasteiger charge is -2.08. The Balaban J connectivity index is 2.64. The Morgan fingerprint density at radius 1 is 1.44 bits per heavy atom. The molecule has 0 saturated heterocycles. The van der Waals surface area contributed by atoms with E-state index in [9.17, 15) is 4.79 Å². The molecule has 4 nitrogen and oxygen atoms in total. The number of nitrogens with one attached hydrogen (secondary N) is 2. The number of aromatic nitrogens is 1. The van der Waals surface area contributed by atoms with E-state index >= 15 is 0 Å². The van der Waals surface area contributed by atoms with Gasteiger partial charge >= 0.3 is 0 Å². The molecule has 0 bridgehead atoms. The highest BCUT2D eigenvalue weighted by Crippen LogP contribution is 2.29. The van der Waals surface area contributed by atoms with Crippen molar-refractivity contribution in [2.45, 2.75) is 6.42 Å². The number of fused-ring (bicyclic) bond motifs is 1. The van der Waals surface area contributed by atoms with Crippen molar-refractivity contribution in [3.63, 3.8) is 0 Å². The number of aromatic amines is 1. The predicted molar refractivity (Wildman–Crippen MR) is 73.8 cm³/mol. The number of pyridine rings is 1. The first-order valence-corrected chi connectivity index (χ1v) is 6.08. The molecule has 0 radical (unpaired) electrons.